The van der Waals surface area contributed by atoms with Crippen molar-refractivity contribution in [2.75, 3.05) is 5.32 Å². The molecule has 0 atom stereocenters. The van der Waals surface area contributed by atoms with E-state index in [1.807, 2.05) is 22.9 Å². The third-order valence-corrected chi connectivity index (χ3v) is 3.94. The Morgan fingerprint density at radius 1 is 1.36 bits per heavy atom. The second-order valence-corrected chi connectivity index (χ2v) is 5.77. The quantitative estimate of drug-likeness (QED) is 0.782. The predicted molar refractivity (Wildman–Crippen MR) is 85.6 cm³/mol. The molecule has 112 valence electrons. The highest BCUT2D eigenvalue weighted by molar-refractivity contribution is 7.08. The van der Waals surface area contributed by atoms with Crippen molar-refractivity contribution in [3.63, 3.8) is 0 Å². The minimum absolute atomic E-state index is 0.0309. The molecule has 1 amide bonds. The highest BCUT2D eigenvalue weighted by Gasteiger charge is 2.08. The minimum atomic E-state index is -0.521. The first-order valence-electron chi connectivity index (χ1n) is 6.43. The lowest BCUT2D eigenvalue weighted by molar-refractivity contribution is -0.116. The lowest BCUT2D eigenvalue weighted by Crippen LogP contribution is -2.19. The SMILES string of the molecule is O=C(Cn1ccc(-c2ccsc2)n1)Nc1ccc(F)c(Cl)c1. The van der Waals surface area contributed by atoms with Crippen molar-refractivity contribution in [1.29, 1.82) is 0 Å². The highest BCUT2D eigenvalue weighted by Crippen LogP contribution is 2.20. The van der Waals surface area contributed by atoms with Crippen molar-refractivity contribution < 1.29 is 9.18 Å². The molecule has 0 saturated heterocycles. The van der Waals surface area contributed by atoms with Crippen molar-refractivity contribution in [3.05, 3.63) is 58.1 Å². The molecule has 2 heterocycles. The maximum absolute atomic E-state index is 13.1. The molecule has 4 nitrogen and oxygen atoms in total. The normalized spacial score (nSPS) is 10.6. The third kappa shape index (κ3) is 3.35. The number of nitrogens with one attached hydrogen (secondary N) is 1. The summed E-state index contributed by atoms with van der Waals surface area (Å²) in [7, 11) is 0. The van der Waals surface area contributed by atoms with E-state index in [4.69, 9.17) is 11.6 Å². The van der Waals surface area contributed by atoms with E-state index in [1.165, 1.54) is 18.2 Å². The lowest BCUT2D eigenvalue weighted by Gasteiger charge is -2.06. The zero-order valence-corrected chi connectivity index (χ0v) is 12.9. The van der Waals surface area contributed by atoms with E-state index in [-0.39, 0.29) is 17.5 Å². The summed E-state index contributed by atoms with van der Waals surface area (Å²) in [5.74, 6) is -0.783. The Morgan fingerprint density at radius 3 is 2.95 bits per heavy atom. The lowest BCUT2D eigenvalue weighted by atomic mass is 10.2. The van der Waals surface area contributed by atoms with Gasteiger partial charge < -0.3 is 5.32 Å². The summed E-state index contributed by atoms with van der Waals surface area (Å²) >= 11 is 7.27. The maximum atomic E-state index is 13.1. The van der Waals surface area contributed by atoms with Crippen LogP contribution in [0.1, 0.15) is 0 Å². The van der Waals surface area contributed by atoms with Crippen LogP contribution in [-0.4, -0.2) is 15.7 Å². The number of thiophene rings is 1. The number of aromatic nitrogens is 2. The first kappa shape index (κ1) is 14.7. The molecule has 22 heavy (non-hydrogen) atoms. The van der Waals surface area contributed by atoms with E-state index in [0.29, 0.717) is 5.69 Å². The average Bonchev–Trinajstić information content (AvgIpc) is 3.13. The Hall–Kier alpha value is -2.18. The smallest absolute Gasteiger partial charge is 0.246 e. The summed E-state index contributed by atoms with van der Waals surface area (Å²) < 4.78 is 14.6. The van der Waals surface area contributed by atoms with Crippen LogP contribution in [0.3, 0.4) is 0 Å². The van der Waals surface area contributed by atoms with Gasteiger partial charge >= 0.3 is 0 Å². The standard InChI is InChI=1S/C15H11ClFN3OS/c16-12-7-11(1-2-13(12)17)18-15(21)8-20-5-3-14(19-20)10-4-6-22-9-10/h1-7,9H,8H2,(H,18,21). The fraction of sp³-hybridized carbons (Fsp3) is 0.0667. The number of hydrogen-bond donors (Lipinski definition) is 1. The number of amides is 1. The molecule has 0 radical (unpaired) electrons. The Bertz CT molecular complexity index is 801. The minimum Gasteiger partial charge on any atom is -0.324 e. The van der Waals surface area contributed by atoms with Crippen molar-refractivity contribution in [1.82, 2.24) is 9.78 Å². The van der Waals surface area contributed by atoms with Crippen molar-refractivity contribution in [2.45, 2.75) is 6.54 Å². The molecule has 3 aromatic rings. The topological polar surface area (TPSA) is 46.9 Å². The molecule has 0 fully saturated rings. The molecule has 1 aromatic carbocycles. The van der Waals surface area contributed by atoms with Crippen molar-refractivity contribution >= 4 is 34.5 Å². The van der Waals surface area contributed by atoms with Crippen molar-refractivity contribution in [2.24, 2.45) is 0 Å². The van der Waals surface area contributed by atoms with Crippen LogP contribution in [-0.2, 0) is 11.3 Å². The van der Waals surface area contributed by atoms with Crippen LogP contribution in [0.4, 0.5) is 10.1 Å². The molecule has 0 unspecified atom stereocenters. The number of anilines is 1. The summed E-state index contributed by atoms with van der Waals surface area (Å²) in [6.07, 6.45) is 1.74. The van der Waals surface area contributed by atoms with Gasteiger partial charge in [0.25, 0.3) is 0 Å². The summed E-state index contributed by atoms with van der Waals surface area (Å²) in [5.41, 5.74) is 2.29. The van der Waals surface area contributed by atoms with Gasteiger partial charge in [0.15, 0.2) is 0 Å². The molecule has 2 aromatic heterocycles. The first-order chi connectivity index (χ1) is 10.6. The Balaban J connectivity index is 1.65. The van der Waals surface area contributed by atoms with Gasteiger partial charge in [-0.05, 0) is 35.7 Å². The van der Waals surface area contributed by atoms with E-state index in [0.717, 1.165) is 11.3 Å². The van der Waals surface area contributed by atoms with Crippen LogP contribution in [0.15, 0.2) is 47.3 Å². The molecule has 0 spiro atoms. The van der Waals surface area contributed by atoms with Gasteiger partial charge in [0.05, 0.1) is 10.7 Å². The molecule has 0 bridgehead atoms. The third-order valence-electron chi connectivity index (χ3n) is 2.97. The maximum Gasteiger partial charge on any atom is 0.246 e. The van der Waals surface area contributed by atoms with E-state index in [2.05, 4.69) is 10.4 Å². The zero-order chi connectivity index (χ0) is 15.5. The van der Waals surface area contributed by atoms with Gasteiger partial charge in [0.2, 0.25) is 5.91 Å². The van der Waals surface area contributed by atoms with Gasteiger partial charge in [-0.3, -0.25) is 9.48 Å². The van der Waals surface area contributed by atoms with Gasteiger partial charge in [-0.15, -0.1) is 0 Å². The molecule has 0 saturated carbocycles. The largest absolute Gasteiger partial charge is 0.324 e. The van der Waals surface area contributed by atoms with Crippen LogP contribution < -0.4 is 5.32 Å². The van der Waals surface area contributed by atoms with Crippen LogP contribution >= 0.6 is 22.9 Å². The van der Waals surface area contributed by atoms with Crippen LogP contribution in [0.25, 0.3) is 11.3 Å². The highest BCUT2D eigenvalue weighted by atomic mass is 35.5. The summed E-state index contributed by atoms with van der Waals surface area (Å²) in [4.78, 5) is 12.0. The first-order valence-corrected chi connectivity index (χ1v) is 7.75. The second-order valence-electron chi connectivity index (χ2n) is 4.59. The summed E-state index contributed by atoms with van der Waals surface area (Å²) in [6.45, 7) is 0.0686. The number of nitrogens with zero attached hydrogens (tertiary/aromatic N) is 2. The molecule has 0 aliphatic rings. The molecule has 0 aliphatic heterocycles. The molecule has 0 aliphatic carbocycles. The van der Waals surface area contributed by atoms with E-state index in [1.54, 1.807) is 22.2 Å². The number of carbonyl (C=O) groups is 1. The number of benzene rings is 1. The number of carbonyl (C=O) groups excluding carboxylic acids is 1. The molecular formula is C15H11ClFN3OS. The fourth-order valence-corrected chi connectivity index (χ4v) is 2.77. The van der Waals surface area contributed by atoms with Gasteiger partial charge in [-0.25, -0.2) is 4.39 Å². The Kier molecular flexibility index (Phi) is 4.22. The van der Waals surface area contributed by atoms with Gasteiger partial charge in [-0.1, -0.05) is 11.6 Å². The fourth-order valence-electron chi connectivity index (χ4n) is 1.94. The second kappa shape index (κ2) is 6.29. The molecule has 1 N–H and O–H groups in total. The van der Waals surface area contributed by atoms with E-state index < -0.39 is 5.82 Å². The van der Waals surface area contributed by atoms with E-state index in [9.17, 15) is 9.18 Å². The number of halogens is 2. The Morgan fingerprint density at radius 2 is 2.23 bits per heavy atom. The molecule has 3 rings (SSSR count). The van der Waals surface area contributed by atoms with E-state index >= 15 is 0 Å². The number of rotatable bonds is 4. The molecular weight excluding hydrogens is 325 g/mol. The monoisotopic (exact) mass is 335 g/mol. The summed E-state index contributed by atoms with van der Waals surface area (Å²) in [6, 6.07) is 7.86. The van der Waals surface area contributed by atoms with Gasteiger partial charge in [0, 0.05) is 22.8 Å². The molecule has 7 heteroatoms. The predicted octanol–water partition coefficient (Wildman–Crippen LogP) is 4.04. The van der Waals surface area contributed by atoms with Crippen LogP contribution in [0.2, 0.25) is 5.02 Å². The zero-order valence-electron chi connectivity index (χ0n) is 11.3. The number of hydrogen-bond acceptors (Lipinski definition) is 3. The van der Waals surface area contributed by atoms with Gasteiger partial charge in [-0.2, -0.15) is 16.4 Å². The van der Waals surface area contributed by atoms with Gasteiger partial charge in [0.1, 0.15) is 12.4 Å². The van der Waals surface area contributed by atoms with Crippen LogP contribution in [0, 0.1) is 5.82 Å². The average molecular weight is 336 g/mol. The van der Waals surface area contributed by atoms with Crippen molar-refractivity contribution in [3.8, 4) is 11.3 Å². The Labute approximate surface area is 135 Å². The summed E-state index contributed by atoms with van der Waals surface area (Å²) in [5, 5.41) is 10.9. The van der Waals surface area contributed by atoms with Crippen LogP contribution in [0.5, 0.6) is 0 Å².